The van der Waals surface area contributed by atoms with E-state index in [1.54, 1.807) is 0 Å². The van der Waals surface area contributed by atoms with Crippen molar-refractivity contribution in [3.05, 3.63) is 182 Å². The van der Waals surface area contributed by atoms with E-state index in [2.05, 4.69) is 191 Å². The van der Waals surface area contributed by atoms with Gasteiger partial charge in [0.05, 0.1) is 27.5 Å². The van der Waals surface area contributed by atoms with Crippen LogP contribution < -0.4 is 0 Å². The molecule has 13 rings (SSSR count). The summed E-state index contributed by atoms with van der Waals surface area (Å²) in [5.41, 5.74) is 16.4. The second kappa shape index (κ2) is 10.6. The standard InChI is InChI=1S/C52H30N2O/c1-2-11-31(12-3-1)32-21-23-34(24-22-32)53-44-19-8-6-16-38(44)40-25-27-45-49(51(40)53)42-26-28-47-50(41-17-7-9-20-46(41)55-47)52(42)54(45)35-29-33-13-10-18-39-36-14-4-5-15-37(36)43(30-35)48(33)39/h1-30H. The molecule has 55 heavy (non-hydrogen) atoms. The van der Waals surface area contributed by atoms with E-state index in [4.69, 9.17) is 4.42 Å². The van der Waals surface area contributed by atoms with Crippen LogP contribution >= 0.6 is 0 Å². The lowest BCUT2D eigenvalue weighted by Gasteiger charge is -2.13. The Morgan fingerprint density at radius 2 is 1.00 bits per heavy atom. The maximum Gasteiger partial charge on any atom is 0.137 e. The van der Waals surface area contributed by atoms with Crippen LogP contribution in [0.2, 0.25) is 0 Å². The fraction of sp³-hybridized carbons (Fsp3) is 0. The van der Waals surface area contributed by atoms with Gasteiger partial charge in [0.1, 0.15) is 11.2 Å². The zero-order chi connectivity index (χ0) is 35.8. The first-order valence-electron chi connectivity index (χ1n) is 18.9. The highest BCUT2D eigenvalue weighted by Gasteiger charge is 2.26. The van der Waals surface area contributed by atoms with Crippen LogP contribution in [0.1, 0.15) is 0 Å². The van der Waals surface area contributed by atoms with E-state index >= 15 is 0 Å². The second-order valence-corrected chi connectivity index (χ2v) is 14.8. The number of rotatable bonds is 3. The third-order valence-electron chi connectivity index (χ3n) is 12.0. The maximum atomic E-state index is 6.58. The predicted molar refractivity (Wildman–Crippen MR) is 230 cm³/mol. The lowest BCUT2D eigenvalue weighted by Crippen LogP contribution is -1.96. The zero-order valence-corrected chi connectivity index (χ0v) is 29.6. The molecule has 0 radical (unpaired) electrons. The van der Waals surface area contributed by atoms with Gasteiger partial charge < -0.3 is 13.6 Å². The fourth-order valence-corrected chi connectivity index (χ4v) is 9.75. The SMILES string of the molecule is c1ccc(-c2ccc(-n3c4ccccc4c4ccc5c(c6ccc7oc8ccccc8c7c6n5-c5cc6c7c(cccc7c5)-c5ccccc5-6)c43)cc2)cc1. The van der Waals surface area contributed by atoms with E-state index < -0.39 is 0 Å². The van der Waals surface area contributed by atoms with Crippen LogP contribution in [0, 0.1) is 0 Å². The molecule has 1 aliphatic carbocycles. The van der Waals surface area contributed by atoms with Gasteiger partial charge in [-0.15, -0.1) is 0 Å². The Bertz CT molecular complexity index is 3580. The van der Waals surface area contributed by atoms with Crippen molar-refractivity contribution in [1.29, 1.82) is 0 Å². The van der Waals surface area contributed by atoms with Gasteiger partial charge in [0.25, 0.3) is 0 Å². The van der Waals surface area contributed by atoms with E-state index in [1.165, 1.54) is 82.2 Å². The number of hydrogen-bond acceptors (Lipinski definition) is 1. The molecule has 0 saturated heterocycles. The largest absolute Gasteiger partial charge is 0.456 e. The van der Waals surface area contributed by atoms with Gasteiger partial charge in [-0.2, -0.15) is 0 Å². The summed E-state index contributed by atoms with van der Waals surface area (Å²) in [4.78, 5) is 0. The molecule has 0 amide bonds. The molecule has 1 aliphatic rings. The van der Waals surface area contributed by atoms with E-state index in [0.717, 1.165) is 38.8 Å². The van der Waals surface area contributed by atoms with Gasteiger partial charge in [0, 0.05) is 38.3 Å². The molecule has 0 aliphatic heterocycles. The Morgan fingerprint density at radius 3 is 1.87 bits per heavy atom. The number of fused-ring (bicyclic) bond motifs is 14. The summed E-state index contributed by atoms with van der Waals surface area (Å²) in [6.45, 7) is 0. The van der Waals surface area contributed by atoms with Gasteiger partial charge in [0.2, 0.25) is 0 Å². The summed E-state index contributed by atoms with van der Waals surface area (Å²) in [5, 5.41) is 9.75. The van der Waals surface area contributed by atoms with Crippen LogP contribution in [0.15, 0.2) is 186 Å². The Kier molecular flexibility index (Phi) is 5.63. The minimum absolute atomic E-state index is 0.893. The van der Waals surface area contributed by atoms with E-state index in [0.29, 0.717) is 0 Å². The quantitative estimate of drug-likeness (QED) is 0.180. The summed E-state index contributed by atoms with van der Waals surface area (Å²) < 4.78 is 11.6. The molecule has 0 fully saturated rings. The lowest BCUT2D eigenvalue weighted by molar-refractivity contribution is 0.669. The molecule has 0 atom stereocenters. The summed E-state index contributed by atoms with van der Waals surface area (Å²) in [6, 6.07) is 66.5. The second-order valence-electron chi connectivity index (χ2n) is 14.8. The molecule has 9 aromatic carbocycles. The monoisotopic (exact) mass is 698 g/mol. The van der Waals surface area contributed by atoms with Crippen LogP contribution in [-0.2, 0) is 0 Å². The Hall–Kier alpha value is -7.36. The molecule has 0 saturated carbocycles. The highest BCUT2D eigenvalue weighted by molar-refractivity contribution is 6.31. The topological polar surface area (TPSA) is 23.0 Å². The summed E-state index contributed by atoms with van der Waals surface area (Å²) in [5.74, 6) is 0. The molecule has 0 N–H and O–H groups in total. The number of furan rings is 1. The van der Waals surface area contributed by atoms with Crippen molar-refractivity contribution >= 4 is 76.3 Å². The molecular weight excluding hydrogens is 669 g/mol. The molecule has 3 heteroatoms. The van der Waals surface area contributed by atoms with Gasteiger partial charge in [-0.3, -0.25) is 0 Å². The van der Waals surface area contributed by atoms with Crippen molar-refractivity contribution in [2.24, 2.45) is 0 Å². The normalized spacial score (nSPS) is 12.4. The average Bonchev–Trinajstić information content (AvgIpc) is 3.98. The minimum Gasteiger partial charge on any atom is -0.456 e. The molecule has 0 spiro atoms. The van der Waals surface area contributed by atoms with Crippen molar-refractivity contribution in [2.75, 3.05) is 0 Å². The number of hydrogen-bond donors (Lipinski definition) is 0. The zero-order valence-electron chi connectivity index (χ0n) is 29.6. The molecule has 0 unspecified atom stereocenters. The smallest absolute Gasteiger partial charge is 0.137 e. The lowest BCUT2D eigenvalue weighted by atomic mass is 10.0. The molecule has 12 aromatic rings. The Morgan fingerprint density at radius 1 is 0.327 bits per heavy atom. The van der Waals surface area contributed by atoms with Gasteiger partial charge in [-0.05, 0) is 98.8 Å². The molecule has 254 valence electrons. The van der Waals surface area contributed by atoms with Crippen molar-refractivity contribution in [1.82, 2.24) is 9.13 Å². The first kappa shape index (κ1) is 29.1. The molecule has 0 bridgehead atoms. The third-order valence-corrected chi connectivity index (χ3v) is 12.0. The Balaban J connectivity index is 1.20. The van der Waals surface area contributed by atoms with Crippen molar-refractivity contribution in [3.8, 4) is 44.8 Å². The molecule has 3 aromatic heterocycles. The highest BCUT2D eigenvalue weighted by atomic mass is 16.3. The minimum atomic E-state index is 0.893. The summed E-state index contributed by atoms with van der Waals surface area (Å²) >= 11 is 0. The third kappa shape index (κ3) is 3.84. The van der Waals surface area contributed by atoms with Crippen molar-refractivity contribution in [3.63, 3.8) is 0 Å². The predicted octanol–water partition coefficient (Wildman–Crippen LogP) is 14.2. The number of nitrogens with zero attached hydrogens (tertiary/aromatic N) is 2. The number of aromatic nitrogens is 2. The summed E-state index contributed by atoms with van der Waals surface area (Å²) in [7, 11) is 0. The fourth-order valence-electron chi connectivity index (χ4n) is 9.75. The van der Waals surface area contributed by atoms with E-state index in [-0.39, 0.29) is 0 Å². The average molecular weight is 699 g/mol. The van der Waals surface area contributed by atoms with Gasteiger partial charge >= 0.3 is 0 Å². The molecular formula is C52H30N2O. The molecule has 3 heterocycles. The van der Waals surface area contributed by atoms with Crippen LogP contribution in [0.4, 0.5) is 0 Å². The van der Waals surface area contributed by atoms with Crippen molar-refractivity contribution in [2.45, 2.75) is 0 Å². The van der Waals surface area contributed by atoms with Gasteiger partial charge in [-0.25, -0.2) is 0 Å². The van der Waals surface area contributed by atoms with Crippen molar-refractivity contribution < 1.29 is 4.42 Å². The van der Waals surface area contributed by atoms with Crippen LogP contribution in [-0.4, -0.2) is 9.13 Å². The van der Waals surface area contributed by atoms with Crippen LogP contribution in [0.5, 0.6) is 0 Å². The van der Waals surface area contributed by atoms with E-state index in [1.807, 2.05) is 0 Å². The first-order chi connectivity index (χ1) is 27.3. The number of benzene rings is 9. The van der Waals surface area contributed by atoms with E-state index in [9.17, 15) is 0 Å². The van der Waals surface area contributed by atoms with Crippen LogP contribution in [0.3, 0.4) is 0 Å². The first-order valence-corrected chi connectivity index (χ1v) is 18.9. The Labute approximate surface area is 315 Å². The highest BCUT2D eigenvalue weighted by Crippen LogP contribution is 2.50. The number of para-hydroxylation sites is 2. The summed E-state index contributed by atoms with van der Waals surface area (Å²) in [6.07, 6.45) is 0. The maximum absolute atomic E-state index is 6.58. The van der Waals surface area contributed by atoms with Gasteiger partial charge in [-0.1, -0.05) is 127 Å². The molecule has 3 nitrogen and oxygen atoms in total. The van der Waals surface area contributed by atoms with Crippen LogP contribution in [0.25, 0.3) is 121 Å². The van der Waals surface area contributed by atoms with Gasteiger partial charge in [0.15, 0.2) is 0 Å².